The molecule has 0 spiro atoms. The number of rotatable bonds is 1. The molecule has 0 bridgehead atoms. The number of hydrogen-bond donors (Lipinski definition) is 0. The van der Waals surface area contributed by atoms with Crippen LogP contribution in [-0.4, -0.2) is 11.0 Å². The maximum atomic E-state index is 10.8. The van der Waals surface area contributed by atoms with Crippen molar-refractivity contribution in [1.29, 1.82) is 0 Å². The van der Waals surface area contributed by atoms with E-state index in [1.807, 2.05) is 24.3 Å². The summed E-state index contributed by atoms with van der Waals surface area (Å²) in [6, 6.07) is 9.27. The molecule has 0 unspecified atom stereocenters. The van der Waals surface area contributed by atoms with Crippen molar-refractivity contribution in [1.82, 2.24) is 4.98 Å². The van der Waals surface area contributed by atoms with Crippen molar-refractivity contribution in [3.05, 3.63) is 36.5 Å². The normalized spacial score (nSPS) is 10.1. The first-order valence-corrected chi connectivity index (χ1v) is 4.29. The van der Waals surface area contributed by atoms with Crippen LogP contribution in [0.3, 0.4) is 0 Å². The van der Waals surface area contributed by atoms with E-state index in [0.717, 1.165) is 5.39 Å². The van der Waals surface area contributed by atoms with Crippen LogP contribution in [-0.2, 0) is 4.79 Å². The molecule has 3 nitrogen and oxygen atoms in total. The summed E-state index contributed by atoms with van der Waals surface area (Å²) in [5.74, 6) is 0.179. The lowest BCUT2D eigenvalue weighted by Gasteiger charge is -2.03. The molecule has 0 aliphatic rings. The topological polar surface area (TPSA) is 39.2 Å². The summed E-state index contributed by atoms with van der Waals surface area (Å²) in [4.78, 5) is 15.0. The van der Waals surface area contributed by atoms with E-state index in [0.29, 0.717) is 11.3 Å². The number of esters is 1. The van der Waals surface area contributed by atoms with Crippen molar-refractivity contribution in [2.75, 3.05) is 0 Å². The number of benzene rings is 1. The summed E-state index contributed by atoms with van der Waals surface area (Å²) in [5, 5.41) is 0.964. The molecular weight excluding hydrogens is 178 g/mol. The van der Waals surface area contributed by atoms with Gasteiger partial charge in [0, 0.05) is 18.5 Å². The highest BCUT2D eigenvalue weighted by Crippen LogP contribution is 2.22. The summed E-state index contributed by atoms with van der Waals surface area (Å²) < 4.78 is 5.03. The van der Waals surface area contributed by atoms with Crippen LogP contribution in [0.2, 0.25) is 0 Å². The summed E-state index contributed by atoms with van der Waals surface area (Å²) in [6.07, 6.45) is 1.68. The van der Waals surface area contributed by atoms with Gasteiger partial charge < -0.3 is 4.74 Å². The molecule has 14 heavy (non-hydrogen) atoms. The number of para-hydroxylation sites is 1. The second-order valence-corrected chi connectivity index (χ2v) is 2.92. The first-order valence-electron chi connectivity index (χ1n) is 4.29. The number of hydrogen-bond acceptors (Lipinski definition) is 3. The Kier molecular flexibility index (Phi) is 2.14. The highest BCUT2D eigenvalue weighted by atomic mass is 16.5. The van der Waals surface area contributed by atoms with E-state index in [2.05, 4.69) is 4.98 Å². The predicted molar refractivity (Wildman–Crippen MR) is 53.1 cm³/mol. The van der Waals surface area contributed by atoms with Gasteiger partial charge in [-0.2, -0.15) is 0 Å². The van der Waals surface area contributed by atoms with Crippen LogP contribution in [0.25, 0.3) is 10.9 Å². The molecule has 0 N–H and O–H groups in total. The van der Waals surface area contributed by atoms with E-state index in [1.54, 1.807) is 12.3 Å². The lowest BCUT2D eigenvalue weighted by Crippen LogP contribution is -2.02. The molecule has 0 radical (unpaired) electrons. The molecule has 0 saturated carbocycles. The number of carbonyl (C=O) groups is 1. The zero-order chi connectivity index (χ0) is 9.97. The van der Waals surface area contributed by atoms with E-state index in [4.69, 9.17) is 4.74 Å². The number of nitrogens with zero attached hydrogens (tertiary/aromatic N) is 1. The molecule has 1 aromatic heterocycles. The number of aromatic nitrogens is 1. The van der Waals surface area contributed by atoms with Gasteiger partial charge in [-0.1, -0.05) is 18.2 Å². The summed E-state index contributed by atoms with van der Waals surface area (Å²) >= 11 is 0. The van der Waals surface area contributed by atoms with Gasteiger partial charge in [-0.15, -0.1) is 0 Å². The van der Waals surface area contributed by atoms with Gasteiger partial charge in [0.25, 0.3) is 0 Å². The maximum Gasteiger partial charge on any atom is 0.308 e. The first kappa shape index (κ1) is 8.69. The van der Waals surface area contributed by atoms with Gasteiger partial charge in [-0.25, -0.2) is 0 Å². The number of carbonyl (C=O) groups excluding carboxylic acids is 1. The van der Waals surface area contributed by atoms with E-state index in [1.165, 1.54) is 6.92 Å². The zero-order valence-electron chi connectivity index (χ0n) is 7.73. The minimum absolute atomic E-state index is 0.330. The molecule has 0 aliphatic carbocycles. The highest BCUT2D eigenvalue weighted by molar-refractivity contribution is 5.86. The Hall–Kier alpha value is -1.90. The lowest BCUT2D eigenvalue weighted by molar-refractivity contribution is -0.131. The Morgan fingerprint density at radius 1 is 1.29 bits per heavy atom. The number of fused-ring (bicyclic) bond motifs is 1. The van der Waals surface area contributed by atoms with Crippen LogP contribution in [0.1, 0.15) is 6.92 Å². The van der Waals surface area contributed by atoms with Crippen molar-refractivity contribution in [3.63, 3.8) is 0 Å². The number of ether oxygens (including phenoxy) is 1. The van der Waals surface area contributed by atoms with Crippen LogP contribution in [0, 0.1) is 0 Å². The van der Waals surface area contributed by atoms with Gasteiger partial charge in [-0.05, 0) is 12.1 Å². The summed E-state index contributed by atoms with van der Waals surface area (Å²) in [6.45, 7) is 1.38. The molecule has 0 aliphatic heterocycles. The standard InChI is InChI=1S/C11H9NO2/c1-8(13)14-10-6-2-4-9-5-3-7-12-11(9)10/h2-7H,1H3. The molecule has 1 aromatic carbocycles. The van der Waals surface area contributed by atoms with E-state index in [9.17, 15) is 4.79 Å². The van der Waals surface area contributed by atoms with Crippen LogP contribution in [0.4, 0.5) is 0 Å². The molecule has 0 fully saturated rings. The van der Waals surface area contributed by atoms with Gasteiger partial charge in [-0.3, -0.25) is 9.78 Å². The second-order valence-electron chi connectivity index (χ2n) is 2.92. The quantitative estimate of drug-likeness (QED) is 0.507. The Balaban J connectivity index is 2.59. The average molecular weight is 187 g/mol. The Morgan fingerprint density at radius 3 is 2.86 bits per heavy atom. The van der Waals surface area contributed by atoms with Crippen molar-refractivity contribution >= 4 is 16.9 Å². The molecule has 2 rings (SSSR count). The second kappa shape index (κ2) is 3.46. The van der Waals surface area contributed by atoms with Crippen LogP contribution in [0.15, 0.2) is 36.5 Å². The largest absolute Gasteiger partial charge is 0.424 e. The Morgan fingerprint density at radius 2 is 2.07 bits per heavy atom. The predicted octanol–water partition coefficient (Wildman–Crippen LogP) is 2.16. The zero-order valence-corrected chi connectivity index (χ0v) is 7.73. The minimum atomic E-state index is -0.330. The van der Waals surface area contributed by atoms with Crippen molar-refractivity contribution < 1.29 is 9.53 Å². The Labute approximate surface area is 81.3 Å². The monoisotopic (exact) mass is 187 g/mol. The van der Waals surface area contributed by atoms with E-state index < -0.39 is 0 Å². The van der Waals surface area contributed by atoms with Crippen LogP contribution >= 0.6 is 0 Å². The van der Waals surface area contributed by atoms with Gasteiger partial charge in [0.2, 0.25) is 0 Å². The molecule has 0 atom stereocenters. The minimum Gasteiger partial charge on any atom is -0.424 e. The van der Waals surface area contributed by atoms with Gasteiger partial charge in [0.1, 0.15) is 5.52 Å². The van der Waals surface area contributed by atoms with Crippen LogP contribution < -0.4 is 4.74 Å². The lowest BCUT2D eigenvalue weighted by atomic mass is 10.2. The van der Waals surface area contributed by atoms with Gasteiger partial charge >= 0.3 is 5.97 Å². The van der Waals surface area contributed by atoms with Crippen molar-refractivity contribution in [2.45, 2.75) is 6.92 Å². The maximum absolute atomic E-state index is 10.8. The molecule has 0 saturated heterocycles. The fourth-order valence-electron chi connectivity index (χ4n) is 1.31. The third kappa shape index (κ3) is 1.57. The van der Waals surface area contributed by atoms with Crippen molar-refractivity contribution in [3.8, 4) is 5.75 Å². The van der Waals surface area contributed by atoms with E-state index >= 15 is 0 Å². The third-order valence-corrected chi connectivity index (χ3v) is 1.85. The molecule has 2 aromatic rings. The fourth-order valence-corrected chi connectivity index (χ4v) is 1.31. The Bertz CT molecular complexity index is 474. The van der Waals surface area contributed by atoms with E-state index in [-0.39, 0.29) is 5.97 Å². The fraction of sp³-hybridized carbons (Fsp3) is 0.0909. The first-order chi connectivity index (χ1) is 6.77. The SMILES string of the molecule is CC(=O)Oc1cccc2cccnc12. The highest BCUT2D eigenvalue weighted by Gasteiger charge is 2.03. The molecular formula is C11H9NO2. The molecule has 3 heteroatoms. The smallest absolute Gasteiger partial charge is 0.308 e. The third-order valence-electron chi connectivity index (χ3n) is 1.85. The molecule has 70 valence electrons. The molecule has 0 amide bonds. The molecule has 1 heterocycles. The van der Waals surface area contributed by atoms with Crippen LogP contribution in [0.5, 0.6) is 5.75 Å². The van der Waals surface area contributed by atoms with Gasteiger partial charge in [0.15, 0.2) is 5.75 Å². The van der Waals surface area contributed by atoms with Crippen molar-refractivity contribution in [2.24, 2.45) is 0 Å². The summed E-state index contributed by atoms with van der Waals surface area (Å²) in [5.41, 5.74) is 0.713. The summed E-state index contributed by atoms with van der Waals surface area (Å²) in [7, 11) is 0. The number of pyridine rings is 1. The average Bonchev–Trinajstić information content (AvgIpc) is 2.18. The van der Waals surface area contributed by atoms with Gasteiger partial charge in [0.05, 0.1) is 0 Å².